The van der Waals surface area contributed by atoms with Crippen molar-refractivity contribution in [1.29, 1.82) is 0 Å². The fraction of sp³-hybridized carbons (Fsp3) is 0.273. The molecule has 0 aliphatic rings. The molecular formula is C11H10N4O7. The molecule has 1 aromatic heterocycles. The second kappa shape index (κ2) is 5.73. The Bertz CT molecular complexity index is 683. The summed E-state index contributed by atoms with van der Waals surface area (Å²) in [6, 6.07) is 6.27. The van der Waals surface area contributed by atoms with E-state index < -0.39 is 28.0 Å². The lowest BCUT2D eigenvalue weighted by atomic mass is 10.2. The van der Waals surface area contributed by atoms with Gasteiger partial charge in [0.25, 0.3) is 0 Å². The summed E-state index contributed by atoms with van der Waals surface area (Å²) in [5.41, 5.74) is -2.67. The number of ether oxygens (including phenoxy) is 1. The van der Waals surface area contributed by atoms with E-state index >= 15 is 0 Å². The number of nitrogens with zero attached hydrogens (tertiary/aromatic N) is 4. The smallest absolute Gasteiger partial charge is 0.497 e. The van der Waals surface area contributed by atoms with E-state index in [0.29, 0.717) is 11.3 Å². The first-order chi connectivity index (χ1) is 10.5. The zero-order valence-corrected chi connectivity index (χ0v) is 11.2. The summed E-state index contributed by atoms with van der Waals surface area (Å²) in [7, 11) is 1.48. The maximum atomic E-state index is 11.0. The van der Waals surface area contributed by atoms with Crippen molar-refractivity contribution in [3.05, 3.63) is 50.4 Å². The molecule has 0 bridgehead atoms. The van der Waals surface area contributed by atoms with Gasteiger partial charge in [0.2, 0.25) is 5.82 Å². The highest BCUT2D eigenvalue weighted by atomic mass is 16.7. The summed E-state index contributed by atoms with van der Waals surface area (Å²) >= 11 is 0. The summed E-state index contributed by atoms with van der Waals surface area (Å²) in [6.45, 7) is -1.42. The highest BCUT2D eigenvalue weighted by molar-refractivity contribution is 5.55. The molecular weight excluding hydrogens is 300 g/mol. The fourth-order valence-corrected chi connectivity index (χ4v) is 1.65. The van der Waals surface area contributed by atoms with Crippen LogP contribution in [0.4, 0.5) is 0 Å². The number of aliphatic hydroxyl groups is 1. The largest absolute Gasteiger partial charge is 0.557 e. The normalized spacial score (nSPS) is 11.2. The van der Waals surface area contributed by atoms with Gasteiger partial charge in [-0.2, -0.15) is 4.98 Å². The average Bonchev–Trinajstić information content (AvgIpc) is 2.98. The fourth-order valence-electron chi connectivity index (χ4n) is 1.65. The summed E-state index contributed by atoms with van der Waals surface area (Å²) in [6.07, 6.45) is 0. The second-order valence-electron chi connectivity index (χ2n) is 4.14. The number of rotatable bonds is 6. The molecule has 116 valence electrons. The van der Waals surface area contributed by atoms with E-state index in [2.05, 4.69) is 14.7 Å². The molecule has 0 unspecified atom stereocenters. The average molecular weight is 310 g/mol. The van der Waals surface area contributed by atoms with Gasteiger partial charge in [-0.3, -0.25) is 20.2 Å². The molecule has 1 aromatic carbocycles. The topological polar surface area (TPSA) is 155 Å². The van der Waals surface area contributed by atoms with Gasteiger partial charge in [-0.1, -0.05) is 5.16 Å². The molecule has 2 aromatic rings. The van der Waals surface area contributed by atoms with Crippen LogP contribution in [0, 0.1) is 20.2 Å². The molecule has 0 saturated heterocycles. The van der Waals surface area contributed by atoms with E-state index in [1.807, 2.05) is 0 Å². The molecule has 0 radical (unpaired) electrons. The van der Waals surface area contributed by atoms with E-state index in [1.165, 1.54) is 7.11 Å². The van der Waals surface area contributed by atoms with Gasteiger partial charge in [-0.05, 0) is 24.3 Å². The van der Waals surface area contributed by atoms with Crippen LogP contribution in [-0.4, -0.2) is 38.8 Å². The predicted molar refractivity (Wildman–Crippen MR) is 69.0 cm³/mol. The Hall–Kier alpha value is -3.08. The van der Waals surface area contributed by atoms with Gasteiger partial charge in [-0.25, -0.2) is 0 Å². The Labute approximate surface area is 122 Å². The van der Waals surface area contributed by atoms with Crippen molar-refractivity contribution in [2.24, 2.45) is 0 Å². The minimum atomic E-state index is -3.09. The first-order valence-electron chi connectivity index (χ1n) is 5.84. The Balaban J connectivity index is 2.45. The van der Waals surface area contributed by atoms with Crippen LogP contribution in [0.5, 0.6) is 5.75 Å². The minimum Gasteiger partial charge on any atom is -0.497 e. The Morgan fingerprint density at radius 2 is 1.86 bits per heavy atom. The van der Waals surface area contributed by atoms with Crippen LogP contribution in [0.3, 0.4) is 0 Å². The van der Waals surface area contributed by atoms with Crippen molar-refractivity contribution in [2.45, 2.75) is 5.66 Å². The second-order valence-corrected chi connectivity index (χ2v) is 4.14. The third kappa shape index (κ3) is 2.33. The number of aromatic nitrogens is 2. The highest BCUT2D eigenvalue weighted by Crippen LogP contribution is 2.27. The monoisotopic (exact) mass is 310 g/mol. The van der Waals surface area contributed by atoms with E-state index in [1.54, 1.807) is 24.3 Å². The van der Waals surface area contributed by atoms with E-state index in [-0.39, 0.29) is 5.82 Å². The number of benzene rings is 1. The van der Waals surface area contributed by atoms with Crippen molar-refractivity contribution in [1.82, 2.24) is 10.1 Å². The van der Waals surface area contributed by atoms with Crippen molar-refractivity contribution < 1.29 is 24.2 Å². The van der Waals surface area contributed by atoms with Crippen molar-refractivity contribution in [3.63, 3.8) is 0 Å². The van der Waals surface area contributed by atoms with Gasteiger partial charge < -0.3 is 14.4 Å². The maximum absolute atomic E-state index is 11.0. The van der Waals surface area contributed by atoms with E-state index in [9.17, 15) is 20.2 Å². The predicted octanol–water partition coefficient (Wildman–Crippen LogP) is 0.444. The molecule has 0 atom stereocenters. The molecule has 0 spiro atoms. The van der Waals surface area contributed by atoms with Crippen LogP contribution < -0.4 is 4.74 Å². The minimum absolute atomic E-state index is 0.0841. The highest BCUT2D eigenvalue weighted by Gasteiger charge is 2.63. The van der Waals surface area contributed by atoms with E-state index in [0.717, 1.165) is 0 Å². The van der Waals surface area contributed by atoms with Crippen LogP contribution in [0.15, 0.2) is 28.8 Å². The molecule has 0 fully saturated rings. The first kappa shape index (κ1) is 15.3. The quantitative estimate of drug-likeness (QED) is 0.454. The zero-order chi connectivity index (χ0) is 16.3. The lowest BCUT2D eigenvalue weighted by molar-refractivity contribution is -0.815. The molecule has 0 amide bonds. The summed E-state index contributed by atoms with van der Waals surface area (Å²) in [5.74, 6) is -0.428. The van der Waals surface area contributed by atoms with Crippen molar-refractivity contribution in [2.75, 3.05) is 13.7 Å². The van der Waals surface area contributed by atoms with Crippen LogP contribution in [0.2, 0.25) is 0 Å². The van der Waals surface area contributed by atoms with Crippen molar-refractivity contribution >= 4 is 0 Å². The van der Waals surface area contributed by atoms with Crippen molar-refractivity contribution in [3.8, 4) is 17.1 Å². The van der Waals surface area contributed by atoms with Gasteiger partial charge >= 0.3 is 11.6 Å². The molecule has 0 aliphatic carbocycles. The lowest BCUT2D eigenvalue weighted by Crippen LogP contribution is -2.47. The van der Waals surface area contributed by atoms with Gasteiger partial charge in [0, 0.05) is 5.56 Å². The van der Waals surface area contributed by atoms with E-state index in [4.69, 9.17) is 9.84 Å². The SMILES string of the molecule is COc1ccc(-c2noc(C(CO)([N+](=O)[O-])[N+](=O)[O-])n2)cc1. The van der Waals surface area contributed by atoms with Crippen LogP contribution in [0.25, 0.3) is 11.4 Å². The summed E-state index contributed by atoms with van der Waals surface area (Å²) < 4.78 is 9.59. The van der Waals surface area contributed by atoms with Crippen LogP contribution in [0.1, 0.15) is 5.89 Å². The molecule has 1 N–H and O–H groups in total. The third-order valence-electron chi connectivity index (χ3n) is 2.94. The molecule has 0 aliphatic heterocycles. The molecule has 11 nitrogen and oxygen atoms in total. The molecule has 11 heteroatoms. The number of hydrogen-bond acceptors (Lipinski definition) is 9. The Morgan fingerprint density at radius 1 is 1.27 bits per heavy atom. The number of nitro groups is 2. The Kier molecular flexibility index (Phi) is 3.99. The van der Waals surface area contributed by atoms with Gasteiger partial charge in [0.1, 0.15) is 15.6 Å². The van der Waals surface area contributed by atoms with Crippen LogP contribution in [-0.2, 0) is 5.66 Å². The Morgan fingerprint density at radius 3 is 2.32 bits per heavy atom. The van der Waals surface area contributed by atoms with Gasteiger partial charge in [0.05, 0.1) is 7.11 Å². The summed E-state index contributed by atoms with van der Waals surface area (Å²) in [4.78, 5) is 23.1. The molecule has 22 heavy (non-hydrogen) atoms. The third-order valence-corrected chi connectivity index (χ3v) is 2.94. The number of aliphatic hydroxyl groups excluding tert-OH is 1. The zero-order valence-electron chi connectivity index (χ0n) is 11.2. The maximum Gasteiger partial charge on any atom is 0.557 e. The molecule has 0 saturated carbocycles. The van der Waals surface area contributed by atoms with Crippen LogP contribution >= 0.6 is 0 Å². The lowest BCUT2D eigenvalue weighted by Gasteiger charge is -2.09. The first-order valence-corrected chi connectivity index (χ1v) is 5.84. The number of methoxy groups -OCH3 is 1. The molecule has 2 rings (SSSR count). The molecule has 1 heterocycles. The van der Waals surface area contributed by atoms with Gasteiger partial charge in [-0.15, -0.1) is 0 Å². The standard InChI is InChI=1S/C11H10N4O7/c1-21-8-4-2-7(3-5-8)9-12-10(22-13-9)11(6-16,14(17)18)15(19)20/h2-5,16H,6H2,1H3. The van der Waals surface area contributed by atoms with Gasteiger partial charge in [0.15, 0.2) is 6.61 Å². The summed E-state index contributed by atoms with van der Waals surface area (Å²) in [5, 5.41) is 34.5. The number of hydrogen-bond donors (Lipinski definition) is 1.